The maximum Gasteiger partial charge on any atom is 0.255 e. The van der Waals surface area contributed by atoms with E-state index in [1.165, 1.54) is 0 Å². The highest BCUT2D eigenvalue weighted by Gasteiger charge is 2.13. The number of carbonyl (C=O) groups is 1. The first-order chi connectivity index (χ1) is 11.7. The van der Waals surface area contributed by atoms with Gasteiger partial charge in [0, 0.05) is 17.7 Å². The molecule has 0 aliphatic rings. The van der Waals surface area contributed by atoms with Crippen LogP contribution in [0.15, 0.2) is 48.5 Å². The molecule has 1 heterocycles. The lowest BCUT2D eigenvalue weighted by Gasteiger charge is -2.10. The number of nitrogens with one attached hydrogen (secondary N) is 1. The topological polar surface area (TPSA) is 81.9 Å². The third-order valence-corrected chi connectivity index (χ3v) is 3.57. The summed E-state index contributed by atoms with van der Waals surface area (Å²) in [6, 6.07) is 14.5. The Kier molecular flexibility index (Phi) is 4.51. The summed E-state index contributed by atoms with van der Waals surface area (Å²) in [5, 5.41) is 14.5. The lowest BCUT2D eigenvalue weighted by Crippen LogP contribution is -2.12. The molecular weight excluding hydrogens is 306 g/mol. The quantitative estimate of drug-likeness (QED) is 0.780. The molecular formula is C17H17N5O2. The number of methoxy groups -OCH3 is 1. The van der Waals surface area contributed by atoms with Crippen molar-refractivity contribution in [2.75, 3.05) is 12.4 Å². The fourth-order valence-electron chi connectivity index (χ4n) is 2.37. The van der Waals surface area contributed by atoms with Gasteiger partial charge in [-0.1, -0.05) is 24.3 Å². The Labute approximate surface area is 139 Å². The second kappa shape index (κ2) is 6.91. The molecule has 0 spiro atoms. The van der Waals surface area contributed by atoms with Gasteiger partial charge in [-0.3, -0.25) is 4.79 Å². The van der Waals surface area contributed by atoms with Gasteiger partial charge in [-0.2, -0.15) is 0 Å². The minimum Gasteiger partial charge on any atom is -0.495 e. The Balaban J connectivity index is 1.87. The van der Waals surface area contributed by atoms with E-state index in [9.17, 15) is 4.79 Å². The van der Waals surface area contributed by atoms with E-state index in [1.54, 1.807) is 42.1 Å². The summed E-state index contributed by atoms with van der Waals surface area (Å²) in [4.78, 5) is 12.5. The van der Waals surface area contributed by atoms with Crippen LogP contribution in [0.2, 0.25) is 0 Å². The largest absolute Gasteiger partial charge is 0.495 e. The SMILES string of the molecule is CCn1nnnc1-c1cccc(C(=O)Nc2ccccc2OC)c1. The summed E-state index contributed by atoms with van der Waals surface area (Å²) < 4.78 is 6.93. The first-order valence-electron chi connectivity index (χ1n) is 7.54. The molecule has 0 unspecified atom stereocenters. The van der Waals surface area contributed by atoms with Crippen molar-refractivity contribution in [1.82, 2.24) is 20.2 Å². The Morgan fingerprint density at radius 1 is 1.21 bits per heavy atom. The van der Waals surface area contributed by atoms with E-state index in [0.29, 0.717) is 29.4 Å². The molecule has 3 aromatic rings. The maximum absolute atomic E-state index is 12.5. The van der Waals surface area contributed by atoms with Crippen LogP contribution in [0.3, 0.4) is 0 Å². The van der Waals surface area contributed by atoms with Gasteiger partial charge in [-0.15, -0.1) is 5.10 Å². The molecule has 0 saturated carbocycles. The van der Waals surface area contributed by atoms with Gasteiger partial charge in [-0.05, 0) is 41.6 Å². The van der Waals surface area contributed by atoms with Crippen molar-refractivity contribution in [3.05, 3.63) is 54.1 Å². The summed E-state index contributed by atoms with van der Waals surface area (Å²) in [7, 11) is 1.57. The molecule has 24 heavy (non-hydrogen) atoms. The van der Waals surface area contributed by atoms with Gasteiger partial charge in [0.05, 0.1) is 12.8 Å². The average Bonchev–Trinajstić information content (AvgIpc) is 3.11. The van der Waals surface area contributed by atoms with Crippen LogP contribution < -0.4 is 10.1 Å². The monoisotopic (exact) mass is 323 g/mol. The zero-order valence-corrected chi connectivity index (χ0v) is 13.4. The number of ether oxygens (including phenoxy) is 1. The highest BCUT2D eigenvalue weighted by molar-refractivity contribution is 6.05. The number of rotatable bonds is 5. The smallest absolute Gasteiger partial charge is 0.255 e. The van der Waals surface area contributed by atoms with E-state index < -0.39 is 0 Å². The fourth-order valence-corrected chi connectivity index (χ4v) is 2.37. The highest BCUT2D eigenvalue weighted by Crippen LogP contribution is 2.24. The van der Waals surface area contributed by atoms with Crippen molar-refractivity contribution >= 4 is 11.6 Å². The van der Waals surface area contributed by atoms with Gasteiger partial charge in [0.15, 0.2) is 5.82 Å². The summed E-state index contributed by atoms with van der Waals surface area (Å²) in [5.41, 5.74) is 1.92. The molecule has 3 rings (SSSR count). The predicted molar refractivity (Wildman–Crippen MR) is 89.9 cm³/mol. The molecule has 0 aliphatic carbocycles. The number of aryl methyl sites for hydroxylation is 1. The third kappa shape index (κ3) is 3.10. The van der Waals surface area contributed by atoms with Gasteiger partial charge in [0.1, 0.15) is 5.75 Å². The van der Waals surface area contributed by atoms with Gasteiger partial charge in [-0.25, -0.2) is 4.68 Å². The molecule has 0 fully saturated rings. The van der Waals surface area contributed by atoms with Crippen molar-refractivity contribution in [3.8, 4) is 17.1 Å². The van der Waals surface area contributed by atoms with E-state index in [4.69, 9.17) is 4.74 Å². The second-order valence-electron chi connectivity index (χ2n) is 5.05. The van der Waals surface area contributed by atoms with Gasteiger partial charge in [0.2, 0.25) is 0 Å². The molecule has 2 aromatic carbocycles. The number of aromatic nitrogens is 4. The summed E-state index contributed by atoms with van der Waals surface area (Å²) in [5.74, 6) is 1.01. The van der Waals surface area contributed by atoms with Gasteiger partial charge >= 0.3 is 0 Å². The Hall–Kier alpha value is -3.22. The van der Waals surface area contributed by atoms with Crippen molar-refractivity contribution in [2.24, 2.45) is 0 Å². The number of hydrogen-bond acceptors (Lipinski definition) is 5. The summed E-state index contributed by atoms with van der Waals surface area (Å²) >= 11 is 0. The normalized spacial score (nSPS) is 10.4. The molecule has 0 aliphatic heterocycles. The van der Waals surface area contributed by atoms with Crippen molar-refractivity contribution in [3.63, 3.8) is 0 Å². The molecule has 0 atom stereocenters. The minimum atomic E-state index is -0.225. The number of benzene rings is 2. The van der Waals surface area contributed by atoms with Crippen LogP contribution in [0.1, 0.15) is 17.3 Å². The number of nitrogens with zero attached hydrogens (tertiary/aromatic N) is 4. The van der Waals surface area contributed by atoms with Crippen LogP contribution in [0.5, 0.6) is 5.75 Å². The first kappa shape index (κ1) is 15.7. The summed E-state index contributed by atoms with van der Waals surface area (Å²) in [6.45, 7) is 2.61. The standard InChI is InChI=1S/C17H17N5O2/c1-3-22-16(19-20-21-22)12-7-6-8-13(11-12)17(23)18-14-9-4-5-10-15(14)24-2/h4-11H,3H2,1-2H3,(H,18,23). The number of hydrogen-bond donors (Lipinski definition) is 1. The maximum atomic E-state index is 12.5. The van der Waals surface area contributed by atoms with E-state index in [-0.39, 0.29) is 5.91 Å². The van der Waals surface area contributed by atoms with Crippen molar-refractivity contribution < 1.29 is 9.53 Å². The number of anilines is 1. The van der Waals surface area contributed by atoms with E-state index in [1.807, 2.05) is 25.1 Å². The first-order valence-corrected chi connectivity index (χ1v) is 7.54. The van der Waals surface area contributed by atoms with Crippen LogP contribution in [0.25, 0.3) is 11.4 Å². The molecule has 0 bridgehead atoms. The molecule has 122 valence electrons. The molecule has 0 saturated heterocycles. The lowest BCUT2D eigenvalue weighted by atomic mass is 10.1. The lowest BCUT2D eigenvalue weighted by molar-refractivity contribution is 0.102. The van der Waals surface area contributed by atoms with Crippen molar-refractivity contribution in [1.29, 1.82) is 0 Å². The van der Waals surface area contributed by atoms with Crippen molar-refractivity contribution in [2.45, 2.75) is 13.5 Å². The van der Waals surface area contributed by atoms with E-state index in [0.717, 1.165) is 5.56 Å². The Morgan fingerprint density at radius 3 is 2.83 bits per heavy atom. The van der Waals surface area contributed by atoms with Crippen LogP contribution >= 0.6 is 0 Å². The average molecular weight is 323 g/mol. The van der Waals surface area contributed by atoms with Crippen LogP contribution in [-0.4, -0.2) is 33.2 Å². The van der Waals surface area contributed by atoms with Crippen LogP contribution in [0.4, 0.5) is 5.69 Å². The number of para-hydroxylation sites is 2. The van der Waals surface area contributed by atoms with Gasteiger partial charge in [0.25, 0.3) is 5.91 Å². The number of amides is 1. The summed E-state index contributed by atoms with van der Waals surface area (Å²) in [6.07, 6.45) is 0. The van der Waals surface area contributed by atoms with Crippen LogP contribution in [0, 0.1) is 0 Å². The molecule has 7 nitrogen and oxygen atoms in total. The highest BCUT2D eigenvalue weighted by atomic mass is 16.5. The Morgan fingerprint density at radius 2 is 2.04 bits per heavy atom. The zero-order chi connectivity index (χ0) is 16.9. The predicted octanol–water partition coefficient (Wildman–Crippen LogP) is 2.62. The number of tetrazole rings is 1. The van der Waals surface area contributed by atoms with Crippen LogP contribution in [-0.2, 0) is 6.54 Å². The Bertz CT molecular complexity index is 859. The fraction of sp³-hybridized carbons (Fsp3) is 0.176. The van der Waals surface area contributed by atoms with Gasteiger partial charge < -0.3 is 10.1 Å². The zero-order valence-electron chi connectivity index (χ0n) is 13.4. The second-order valence-corrected chi connectivity index (χ2v) is 5.05. The molecule has 0 radical (unpaired) electrons. The number of carbonyl (C=O) groups excluding carboxylic acids is 1. The van der Waals surface area contributed by atoms with E-state index in [2.05, 4.69) is 20.8 Å². The molecule has 1 aromatic heterocycles. The van der Waals surface area contributed by atoms with E-state index >= 15 is 0 Å². The molecule has 1 N–H and O–H groups in total. The minimum absolute atomic E-state index is 0.225. The molecule has 1 amide bonds. The third-order valence-electron chi connectivity index (χ3n) is 3.57. The molecule has 7 heteroatoms.